The maximum absolute atomic E-state index is 6.21. The van der Waals surface area contributed by atoms with Crippen LogP contribution in [-0.2, 0) is 6.42 Å². The summed E-state index contributed by atoms with van der Waals surface area (Å²) >= 11 is 0. The van der Waals surface area contributed by atoms with E-state index in [2.05, 4.69) is 29.1 Å². The van der Waals surface area contributed by atoms with Gasteiger partial charge in [-0.3, -0.25) is 0 Å². The van der Waals surface area contributed by atoms with Gasteiger partial charge in [0.05, 0.1) is 14.2 Å². The van der Waals surface area contributed by atoms with Gasteiger partial charge in [0.25, 0.3) is 0 Å². The van der Waals surface area contributed by atoms with Gasteiger partial charge in [-0.25, -0.2) is 4.98 Å². The van der Waals surface area contributed by atoms with Crippen LogP contribution in [0.15, 0.2) is 18.3 Å². The Morgan fingerprint density at radius 3 is 2.38 bits per heavy atom. The molecule has 3 N–H and O–H groups in total. The molecule has 2 aromatic rings. The molecule has 0 spiro atoms. The standard InChI is InChI=1S/C20H28N4O2/c1-12(2)16-10-18(26-4)17(25-3)9-13(16)8-14-11-22-20(24-19(14)21)23-15-6-5-7-15/h9-12,15H,5-8H2,1-4H3,(H3,21,22,23,24). The van der Waals surface area contributed by atoms with E-state index in [4.69, 9.17) is 15.2 Å². The number of nitrogens with one attached hydrogen (secondary N) is 1. The fourth-order valence-electron chi connectivity index (χ4n) is 3.19. The highest BCUT2D eigenvalue weighted by atomic mass is 16.5. The highest BCUT2D eigenvalue weighted by Crippen LogP contribution is 2.35. The van der Waals surface area contributed by atoms with Gasteiger partial charge in [0.1, 0.15) is 5.82 Å². The maximum atomic E-state index is 6.21. The molecule has 140 valence electrons. The third-order valence-electron chi connectivity index (χ3n) is 4.98. The maximum Gasteiger partial charge on any atom is 0.224 e. The molecule has 6 nitrogen and oxygen atoms in total. The molecule has 1 aromatic heterocycles. The lowest BCUT2D eigenvalue weighted by atomic mass is 9.92. The predicted molar refractivity (Wildman–Crippen MR) is 104 cm³/mol. The Balaban J connectivity index is 1.87. The van der Waals surface area contributed by atoms with Crippen molar-refractivity contribution in [1.29, 1.82) is 0 Å². The van der Waals surface area contributed by atoms with Crippen molar-refractivity contribution in [3.05, 3.63) is 35.0 Å². The molecule has 0 saturated heterocycles. The van der Waals surface area contributed by atoms with Gasteiger partial charge in [0, 0.05) is 24.2 Å². The average Bonchev–Trinajstić information content (AvgIpc) is 2.59. The number of nitrogen functional groups attached to an aromatic ring is 1. The summed E-state index contributed by atoms with van der Waals surface area (Å²) in [5, 5.41) is 3.33. The van der Waals surface area contributed by atoms with Gasteiger partial charge in [0.15, 0.2) is 11.5 Å². The summed E-state index contributed by atoms with van der Waals surface area (Å²) in [6, 6.07) is 4.55. The molecule has 0 bridgehead atoms. The monoisotopic (exact) mass is 356 g/mol. The summed E-state index contributed by atoms with van der Waals surface area (Å²) in [6.45, 7) is 4.33. The van der Waals surface area contributed by atoms with Crippen molar-refractivity contribution >= 4 is 11.8 Å². The number of nitrogens with two attached hydrogens (primary N) is 1. The largest absolute Gasteiger partial charge is 0.493 e. The van der Waals surface area contributed by atoms with E-state index < -0.39 is 0 Å². The van der Waals surface area contributed by atoms with E-state index in [9.17, 15) is 0 Å². The molecule has 3 rings (SSSR count). The number of rotatable bonds is 7. The third-order valence-corrected chi connectivity index (χ3v) is 4.98. The summed E-state index contributed by atoms with van der Waals surface area (Å²) in [5.41, 5.74) is 9.48. The highest BCUT2D eigenvalue weighted by molar-refractivity contribution is 5.52. The lowest BCUT2D eigenvalue weighted by Crippen LogP contribution is -2.28. The number of hydrogen-bond acceptors (Lipinski definition) is 6. The number of benzene rings is 1. The van der Waals surface area contributed by atoms with Gasteiger partial charge in [-0.1, -0.05) is 13.8 Å². The van der Waals surface area contributed by atoms with Gasteiger partial charge in [-0.05, 0) is 48.4 Å². The van der Waals surface area contributed by atoms with Crippen molar-refractivity contribution in [2.24, 2.45) is 0 Å². The molecule has 0 unspecified atom stereocenters. The highest BCUT2D eigenvalue weighted by Gasteiger charge is 2.19. The van der Waals surface area contributed by atoms with Crippen LogP contribution in [0.2, 0.25) is 0 Å². The van der Waals surface area contributed by atoms with E-state index in [1.54, 1.807) is 14.2 Å². The first kappa shape index (κ1) is 18.3. The van der Waals surface area contributed by atoms with Crippen molar-refractivity contribution in [1.82, 2.24) is 9.97 Å². The number of aromatic nitrogens is 2. The molecular weight excluding hydrogens is 328 g/mol. The second-order valence-corrected chi connectivity index (χ2v) is 7.11. The number of nitrogens with zero attached hydrogens (tertiary/aromatic N) is 2. The fraction of sp³-hybridized carbons (Fsp3) is 0.500. The second kappa shape index (κ2) is 7.81. The first-order valence-corrected chi connectivity index (χ1v) is 9.14. The van der Waals surface area contributed by atoms with Crippen LogP contribution in [0.5, 0.6) is 11.5 Å². The summed E-state index contributed by atoms with van der Waals surface area (Å²) in [7, 11) is 3.30. The smallest absolute Gasteiger partial charge is 0.224 e. The van der Waals surface area contributed by atoms with E-state index in [-0.39, 0.29) is 0 Å². The molecule has 1 saturated carbocycles. The number of hydrogen-bond donors (Lipinski definition) is 2. The van der Waals surface area contributed by atoms with Crippen LogP contribution in [0.1, 0.15) is 55.7 Å². The van der Waals surface area contributed by atoms with Gasteiger partial charge in [-0.2, -0.15) is 4.98 Å². The molecule has 26 heavy (non-hydrogen) atoms. The third kappa shape index (κ3) is 3.84. The molecule has 1 heterocycles. The van der Waals surface area contributed by atoms with E-state index >= 15 is 0 Å². The van der Waals surface area contributed by atoms with E-state index in [1.165, 1.54) is 24.8 Å². The SMILES string of the molecule is COc1cc(Cc2cnc(NC3CCC3)nc2N)c(C(C)C)cc1OC. The van der Waals surface area contributed by atoms with E-state index in [0.717, 1.165) is 22.6 Å². The summed E-state index contributed by atoms with van der Waals surface area (Å²) in [6.07, 6.45) is 6.10. The van der Waals surface area contributed by atoms with Crippen LogP contribution in [-0.4, -0.2) is 30.2 Å². The van der Waals surface area contributed by atoms with Gasteiger partial charge in [-0.15, -0.1) is 0 Å². The topological polar surface area (TPSA) is 82.3 Å². The Hall–Kier alpha value is -2.50. The van der Waals surface area contributed by atoms with Crippen molar-refractivity contribution < 1.29 is 9.47 Å². The zero-order chi connectivity index (χ0) is 18.7. The van der Waals surface area contributed by atoms with E-state index in [0.29, 0.717) is 30.1 Å². The minimum Gasteiger partial charge on any atom is -0.493 e. The van der Waals surface area contributed by atoms with Crippen molar-refractivity contribution in [3.8, 4) is 11.5 Å². The Kier molecular flexibility index (Phi) is 5.49. The molecule has 6 heteroatoms. The molecule has 1 fully saturated rings. The lowest BCUT2D eigenvalue weighted by molar-refractivity contribution is 0.354. The van der Waals surface area contributed by atoms with E-state index in [1.807, 2.05) is 18.3 Å². The quantitative estimate of drug-likeness (QED) is 0.786. The minimum atomic E-state index is 0.353. The molecule has 1 aliphatic rings. The first-order valence-electron chi connectivity index (χ1n) is 9.14. The molecular formula is C20H28N4O2. The van der Waals surface area contributed by atoms with Gasteiger partial charge in [0.2, 0.25) is 5.95 Å². The molecule has 1 aliphatic carbocycles. The summed E-state index contributed by atoms with van der Waals surface area (Å²) in [4.78, 5) is 8.89. The lowest BCUT2D eigenvalue weighted by Gasteiger charge is -2.26. The van der Waals surface area contributed by atoms with Gasteiger partial charge < -0.3 is 20.5 Å². The van der Waals surface area contributed by atoms with Crippen molar-refractivity contribution in [3.63, 3.8) is 0 Å². The minimum absolute atomic E-state index is 0.353. The molecule has 1 aromatic carbocycles. The molecule has 0 aliphatic heterocycles. The van der Waals surface area contributed by atoms with Crippen LogP contribution < -0.4 is 20.5 Å². The zero-order valence-corrected chi connectivity index (χ0v) is 16.0. The number of methoxy groups -OCH3 is 2. The Bertz CT molecular complexity index is 773. The molecule has 0 radical (unpaired) electrons. The van der Waals surface area contributed by atoms with Crippen molar-refractivity contribution in [2.45, 2.75) is 51.5 Å². The zero-order valence-electron chi connectivity index (χ0n) is 16.0. The Morgan fingerprint density at radius 2 is 1.85 bits per heavy atom. The molecule has 0 atom stereocenters. The molecule has 0 amide bonds. The number of ether oxygens (including phenoxy) is 2. The predicted octanol–water partition coefficient (Wildman–Crippen LogP) is 3.75. The Labute approximate surface area is 155 Å². The Morgan fingerprint density at radius 1 is 1.15 bits per heavy atom. The van der Waals surface area contributed by atoms with Gasteiger partial charge >= 0.3 is 0 Å². The van der Waals surface area contributed by atoms with Crippen LogP contribution >= 0.6 is 0 Å². The van der Waals surface area contributed by atoms with Crippen LogP contribution in [0.4, 0.5) is 11.8 Å². The second-order valence-electron chi connectivity index (χ2n) is 7.11. The van der Waals surface area contributed by atoms with Crippen molar-refractivity contribution in [2.75, 3.05) is 25.3 Å². The first-order chi connectivity index (χ1) is 12.5. The number of anilines is 2. The summed E-state index contributed by atoms with van der Waals surface area (Å²) in [5.74, 6) is 2.95. The van der Waals surface area contributed by atoms with Crippen LogP contribution in [0, 0.1) is 0 Å². The van der Waals surface area contributed by atoms with Crippen LogP contribution in [0.25, 0.3) is 0 Å². The fourth-order valence-corrected chi connectivity index (χ4v) is 3.19. The average molecular weight is 356 g/mol. The normalized spacial score (nSPS) is 14.2. The van der Waals surface area contributed by atoms with Crippen LogP contribution in [0.3, 0.4) is 0 Å². The summed E-state index contributed by atoms with van der Waals surface area (Å²) < 4.78 is 10.9.